The summed E-state index contributed by atoms with van der Waals surface area (Å²) < 4.78 is 44.8. The predicted octanol–water partition coefficient (Wildman–Crippen LogP) is 19.8. The third-order valence-electron chi connectivity index (χ3n) is 23.7. The summed E-state index contributed by atoms with van der Waals surface area (Å²) in [5.74, 6) is -1.61. The number of thioether (sulfide) groups is 4. The van der Waals surface area contributed by atoms with Crippen molar-refractivity contribution in [1.29, 1.82) is 0 Å². The molecular formula is C104H68N12O16S8Zn. The number of carbonyl (C=O) groups is 8. The Kier molecular flexibility index (Phi) is 26.5. The van der Waals surface area contributed by atoms with Gasteiger partial charge in [-0.1, -0.05) is 193 Å². The minimum atomic E-state index is -1.16. The van der Waals surface area contributed by atoms with Crippen molar-refractivity contribution < 1.29 is 96.5 Å². The fourth-order valence-electron chi connectivity index (χ4n) is 17.0. The summed E-state index contributed by atoms with van der Waals surface area (Å²) in [6.45, 7) is -0.413. The first-order valence-corrected chi connectivity index (χ1v) is 47.9. The van der Waals surface area contributed by atoms with Crippen molar-refractivity contribution in [2.45, 2.75) is 26.9 Å². The summed E-state index contributed by atoms with van der Waals surface area (Å²) in [7, 11) is 0. The molecule has 8 aromatic carbocycles. The van der Waals surface area contributed by atoms with Gasteiger partial charge in [-0.3, -0.25) is 58.0 Å². The van der Waals surface area contributed by atoms with E-state index in [1.165, 1.54) is 9.80 Å². The number of rotatable bonds is 30. The van der Waals surface area contributed by atoms with Gasteiger partial charge in [-0.2, -0.15) is 0 Å². The van der Waals surface area contributed by atoms with Crippen LogP contribution in [0.4, 0.5) is 0 Å². The smallest absolute Gasteiger partial charge is 0.657 e. The molecule has 2 N–H and O–H groups in total. The van der Waals surface area contributed by atoms with E-state index >= 15 is 0 Å². The van der Waals surface area contributed by atoms with Crippen LogP contribution in [-0.2, 0) is 94.2 Å². The summed E-state index contributed by atoms with van der Waals surface area (Å²) in [5.41, 5.74) is 17.4. The molecule has 0 radical (unpaired) electrons. The first-order valence-electron chi connectivity index (χ1n) is 43.0. The monoisotopic (exact) mass is 2060 g/mol. The van der Waals surface area contributed by atoms with E-state index in [0.717, 1.165) is 145 Å². The third kappa shape index (κ3) is 19.2. The Morgan fingerprint density at radius 1 is 0.326 bits per heavy atom. The van der Waals surface area contributed by atoms with Gasteiger partial charge in [0.1, 0.15) is 44.7 Å². The van der Waals surface area contributed by atoms with Crippen LogP contribution >= 0.6 is 95.9 Å². The molecule has 8 bridgehead atoms. The van der Waals surface area contributed by atoms with Gasteiger partial charge in [-0.15, -0.1) is 22.1 Å². The average molecular weight is 2060 g/mol. The van der Waals surface area contributed by atoms with Crippen molar-refractivity contribution in [1.82, 2.24) is 57.8 Å². The van der Waals surface area contributed by atoms with Gasteiger partial charge in [-0.25, -0.2) is 9.97 Å². The average Bonchev–Trinajstić information content (AvgIpc) is 1.60. The number of nitrogens with zero attached hydrogens (tertiary/aromatic N) is 12. The van der Waals surface area contributed by atoms with E-state index in [1.54, 1.807) is 24.3 Å². The van der Waals surface area contributed by atoms with Crippen LogP contribution in [0.3, 0.4) is 0 Å². The minimum Gasteiger partial charge on any atom is -0.657 e. The molecule has 0 spiro atoms. The van der Waals surface area contributed by atoms with Gasteiger partial charge in [-0.05, 0) is 237 Å². The van der Waals surface area contributed by atoms with E-state index in [2.05, 4.69) is 0 Å². The van der Waals surface area contributed by atoms with Gasteiger partial charge in [0.2, 0.25) is 0 Å². The van der Waals surface area contributed by atoms with Crippen LogP contribution in [0.5, 0.6) is 23.0 Å². The molecule has 0 saturated carbocycles. The molecule has 4 saturated heterocycles. The van der Waals surface area contributed by atoms with Crippen molar-refractivity contribution in [3.05, 3.63) is 308 Å². The molecule has 6 aliphatic rings. The maximum atomic E-state index is 13.2. The quantitative estimate of drug-likeness (QED) is 0.0183. The Bertz CT molecular complexity index is 7670. The molecule has 0 aliphatic carbocycles. The zero-order chi connectivity index (χ0) is 96.1. The Morgan fingerprint density at radius 2 is 0.567 bits per heavy atom. The van der Waals surface area contributed by atoms with Crippen LogP contribution in [0, 0.1) is 0 Å². The Balaban J connectivity index is 0.0000122. The first kappa shape index (κ1) is 93.5. The van der Waals surface area contributed by atoms with Crippen molar-refractivity contribution in [3.63, 3.8) is 0 Å². The van der Waals surface area contributed by atoms with E-state index in [-0.39, 0.29) is 93.3 Å². The van der Waals surface area contributed by atoms with E-state index in [1.807, 2.05) is 286 Å². The number of carbonyl (C=O) groups excluding carboxylic acids is 6. The predicted molar refractivity (Wildman–Crippen MR) is 558 cm³/mol. The molecule has 7 aromatic heterocycles. The number of hydrogen-bond donors (Lipinski definition) is 2. The van der Waals surface area contributed by atoms with Gasteiger partial charge in [0.25, 0.3) is 36.6 Å². The summed E-state index contributed by atoms with van der Waals surface area (Å²) >= 11 is 25.9. The molecule has 28 nitrogen and oxygen atoms in total. The van der Waals surface area contributed by atoms with Gasteiger partial charge < -0.3 is 66.9 Å². The Hall–Kier alpha value is -15.2. The summed E-state index contributed by atoms with van der Waals surface area (Å²) in [6.07, 6.45) is 22.6. The molecule has 6 aliphatic heterocycles. The van der Waals surface area contributed by atoms with Gasteiger partial charge in [0, 0.05) is 46.3 Å². The second kappa shape index (κ2) is 40.0. The van der Waals surface area contributed by atoms with Crippen LogP contribution < -0.4 is 28.9 Å². The van der Waals surface area contributed by atoms with Crippen molar-refractivity contribution in [3.8, 4) is 67.5 Å². The molecule has 141 heavy (non-hydrogen) atoms. The maximum absolute atomic E-state index is 13.2. The Labute approximate surface area is 852 Å². The number of fused-ring (bicyclic) bond motifs is 12. The largest absolute Gasteiger partial charge is 2.00 e. The molecule has 13 heterocycles. The normalized spacial score (nSPS) is 15.4. The Morgan fingerprint density at radius 3 is 0.809 bits per heavy atom. The summed E-state index contributed by atoms with van der Waals surface area (Å²) in [4.78, 5) is 126. The van der Waals surface area contributed by atoms with Crippen LogP contribution in [0.1, 0.15) is 45.0 Å². The fourth-order valence-corrected chi connectivity index (χ4v) is 22.0. The van der Waals surface area contributed by atoms with Gasteiger partial charge in [0.15, 0.2) is 49.0 Å². The number of ether oxygens (including phenoxy) is 6. The molecule has 0 atom stereocenters. The standard InChI is InChI=1S/C104H70N12O16S8.Zn/c117-57-127-55-115-99(125)89(139-103(115)135)47-61-3-31-85-69(43-61)35-39-111(85)53-131-73-17-9-65(10-18-73)95-79-25-23-77(106-79)93(63-5-13-71(14-6-63)129-51-109-37-33-67-41-59(1-29-83(67)109)45-87-97(123)113(49-91(119)120)101(133)137-87)75-21-22-76(105-75)94(64-7-15-72(16-8-64)130-52-110-38-34-68-42-60(2-30-84(68)110)46-88-98(124)114(50-92(121)122)102(134)138-88)78-24-26-80(107-78)96(82-28-27-81(95)108-82)66-11-19-74(20-12-66)132-54-112-40-36-70-44-62(4-32-86(70)112)48-90-100(126)116(56-128-58-118)104(136)140-90;/h1-48,57-58H,49-56H2,(H4,105,106,107,108,119,120,121,122);/q;+2/p-2/b87-45-,88-46-,89-47-,90-48+,93-75?,93-77?,94-76?,94-78?,95-79?,95-81?,96-80?,96-82?;. The van der Waals surface area contributed by atoms with Gasteiger partial charge in [0.05, 0.1) is 64.5 Å². The molecule has 690 valence electrons. The molecule has 21 rings (SSSR count). The van der Waals surface area contributed by atoms with E-state index < -0.39 is 36.8 Å². The second-order valence-corrected chi connectivity index (χ2v) is 39.0. The topological polar surface area (TPSA) is 319 Å². The van der Waals surface area contributed by atoms with E-state index in [0.29, 0.717) is 118 Å². The van der Waals surface area contributed by atoms with E-state index in [4.69, 9.17) is 97.2 Å². The van der Waals surface area contributed by atoms with Gasteiger partial charge >= 0.3 is 31.4 Å². The number of aliphatic carboxylic acids is 2. The SMILES string of the molecule is O=COCN1C(=O)/C(=C/c2ccc3c(ccn3COc3ccc(-c4c5nc(c(-c6ccc(OCn7ccc8cc(/C=C9\SC(=S)N(CC(=O)O)C9=O)ccc87)cc6)c6ccc([n-]6)c(-c6ccc(OCn7ccc8cc(/C=C9\SC(=S)N(CC(=O)O)C9=O)ccc87)cc6)c6nc(c(-c7ccc(OCn8ccc9cc(/C=C%10/SC(=S)N(COC=O)C%10=O)ccc98)cc7)c7ccc4[n-]7)C=C6)C=C5)cc3)c2)SC1=S.[Zn+2]. The van der Waals surface area contributed by atoms with Crippen LogP contribution in [-0.4, -0.2) is 150 Å². The third-order valence-corrected chi connectivity index (χ3v) is 29.2. The maximum Gasteiger partial charge on any atom is 2.00 e. The molecule has 4 amide bonds. The molecular weight excluding hydrogens is 2000 g/mol. The number of carboxylic acid groups (broad SMARTS) is 2. The van der Waals surface area contributed by atoms with Crippen molar-refractivity contribution >= 4 is 276 Å². The van der Waals surface area contributed by atoms with Crippen molar-refractivity contribution in [2.24, 2.45) is 0 Å². The zero-order valence-electron chi connectivity index (χ0n) is 73.5. The van der Waals surface area contributed by atoms with Crippen molar-refractivity contribution in [2.75, 3.05) is 26.6 Å². The van der Waals surface area contributed by atoms with Crippen LogP contribution in [0.15, 0.2) is 263 Å². The number of benzene rings is 8. The molecule has 37 heteroatoms. The minimum absolute atomic E-state index is 0. The fraction of sp³-hybridized carbons (Fsp3) is 0.0769. The van der Waals surface area contributed by atoms with E-state index in [9.17, 15) is 48.6 Å². The number of aromatic nitrogens is 8. The second-order valence-electron chi connectivity index (χ2n) is 32.3. The summed E-state index contributed by atoms with van der Waals surface area (Å²) in [6, 6.07) is 70.3. The first-order chi connectivity index (χ1) is 68.1. The number of carboxylic acids is 2. The molecule has 4 fully saturated rings. The number of thiocarbonyl (C=S) groups is 4. The van der Waals surface area contributed by atoms with Crippen LogP contribution in [0.25, 0.3) is 159 Å². The number of amides is 4. The number of hydrogen-bond acceptors (Lipinski definition) is 24. The van der Waals surface area contributed by atoms with Crippen LogP contribution in [0.2, 0.25) is 0 Å². The molecule has 0 unspecified atom stereocenters. The molecule has 15 aromatic rings. The zero-order valence-corrected chi connectivity index (χ0v) is 83.0. The summed E-state index contributed by atoms with van der Waals surface area (Å²) in [5, 5.41) is 22.4.